The van der Waals surface area contributed by atoms with Crippen molar-refractivity contribution in [3.8, 4) is 0 Å². The van der Waals surface area contributed by atoms with Crippen molar-refractivity contribution >= 4 is 29.1 Å². The summed E-state index contributed by atoms with van der Waals surface area (Å²) in [7, 11) is 0. The molecule has 1 aromatic carbocycles. The Hall–Kier alpha value is -2.31. The summed E-state index contributed by atoms with van der Waals surface area (Å²) in [6.45, 7) is 0. The van der Waals surface area contributed by atoms with Gasteiger partial charge in [-0.25, -0.2) is 0 Å². The predicted octanol–water partition coefficient (Wildman–Crippen LogP) is 6.13. The molecular formula is C24H25N3OS2. The monoisotopic (exact) mass is 435 g/mol. The summed E-state index contributed by atoms with van der Waals surface area (Å²) in [5, 5.41) is 5.27. The zero-order valence-electron chi connectivity index (χ0n) is 16.7. The molecule has 0 radical (unpaired) electrons. The van der Waals surface area contributed by atoms with Crippen LogP contribution in [0.2, 0.25) is 0 Å². The summed E-state index contributed by atoms with van der Waals surface area (Å²) in [5.74, 6) is 0.946. The Morgan fingerprint density at radius 3 is 2.53 bits per heavy atom. The first-order chi connectivity index (χ1) is 14.8. The van der Waals surface area contributed by atoms with Gasteiger partial charge >= 0.3 is 0 Å². The third-order valence-corrected chi connectivity index (χ3v) is 7.22. The maximum atomic E-state index is 6.39. The third kappa shape index (κ3) is 3.98. The van der Waals surface area contributed by atoms with Gasteiger partial charge in [-0.15, -0.1) is 0 Å². The van der Waals surface area contributed by atoms with Crippen molar-refractivity contribution in [2.24, 2.45) is 0 Å². The standard InChI is InChI=1S/C24H25N3OS2/c29-24-26-22(19-13-7-8-16-25-19)23(27(24)17-9-3-1-4-10-17)20-14-15-21(28-20)30-18-11-5-2-6-12-18/h2,5-8,11-17,22-23H,1,3-4,9-10H2,(H,26,29)/t22-,23-/m1/s1. The first kappa shape index (κ1) is 19.6. The van der Waals surface area contributed by atoms with Gasteiger partial charge in [0.05, 0.1) is 11.7 Å². The number of thiocarbonyl (C=S) groups is 1. The van der Waals surface area contributed by atoms with Gasteiger partial charge in [-0.1, -0.05) is 55.3 Å². The molecule has 3 aromatic rings. The Labute approximate surface area is 187 Å². The number of pyridine rings is 1. The molecule has 154 valence electrons. The van der Waals surface area contributed by atoms with Crippen LogP contribution in [0.25, 0.3) is 0 Å². The molecule has 3 heterocycles. The van der Waals surface area contributed by atoms with Gasteiger partial charge in [0.1, 0.15) is 11.8 Å². The van der Waals surface area contributed by atoms with Crippen LogP contribution in [-0.2, 0) is 0 Å². The molecule has 4 nitrogen and oxygen atoms in total. The van der Waals surface area contributed by atoms with Gasteiger partial charge in [-0.3, -0.25) is 4.98 Å². The van der Waals surface area contributed by atoms with Crippen LogP contribution in [0.5, 0.6) is 0 Å². The number of benzene rings is 1. The predicted molar refractivity (Wildman–Crippen MR) is 123 cm³/mol. The lowest BCUT2D eigenvalue weighted by atomic mass is 9.92. The van der Waals surface area contributed by atoms with Crippen LogP contribution in [0.1, 0.15) is 55.6 Å². The molecule has 2 aliphatic rings. The Kier molecular flexibility index (Phi) is 5.77. The van der Waals surface area contributed by atoms with Crippen molar-refractivity contribution in [3.05, 3.63) is 78.3 Å². The van der Waals surface area contributed by atoms with Crippen molar-refractivity contribution in [2.75, 3.05) is 0 Å². The van der Waals surface area contributed by atoms with Gasteiger partial charge in [0, 0.05) is 17.1 Å². The number of hydrogen-bond acceptors (Lipinski definition) is 4. The molecule has 2 aromatic heterocycles. The number of rotatable bonds is 5. The molecule has 0 amide bonds. The first-order valence-corrected chi connectivity index (χ1v) is 11.8. The molecule has 1 N–H and O–H groups in total. The van der Waals surface area contributed by atoms with E-state index in [2.05, 4.69) is 45.5 Å². The van der Waals surface area contributed by atoms with Crippen LogP contribution in [-0.4, -0.2) is 21.0 Å². The van der Waals surface area contributed by atoms with Crippen LogP contribution in [0.15, 0.2) is 81.3 Å². The van der Waals surface area contributed by atoms with E-state index in [4.69, 9.17) is 16.6 Å². The van der Waals surface area contributed by atoms with E-state index in [0.29, 0.717) is 6.04 Å². The minimum Gasteiger partial charge on any atom is -0.452 e. The van der Waals surface area contributed by atoms with E-state index in [0.717, 1.165) is 21.7 Å². The second-order valence-electron chi connectivity index (χ2n) is 7.90. The fourth-order valence-corrected chi connectivity index (χ4v) is 5.76. The SMILES string of the molecule is S=C1N[C@H](c2ccccn2)[C@@H](c2ccc(Sc3ccccc3)o2)N1C1CCCCC1. The molecule has 0 spiro atoms. The van der Waals surface area contributed by atoms with Crippen molar-refractivity contribution in [2.45, 2.75) is 60.2 Å². The quantitative estimate of drug-likeness (QED) is 0.486. The summed E-state index contributed by atoms with van der Waals surface area (Å²) in [6, 6.07) is 21.0. The average molecular weight is 436 g/mol. The number of furan rings is 1. The Morgan fingerprint density at radius 1 is 0.967 bits per heavy atom. The van der Waals surface area contributed by atoms with Gasteiger partial charge in [0.15, 0.2) is 10.2 Å². The molecule has 5 rings (SSSR count). The van der Waals surface area contributed by atoms with E-state index >= 15 is 0 Å². The van der Waals surface area contributed by atoms with Crippen LogP contribution in [0.4, 0.5) is 0 Å². The van der Waals surface area contributed by atoms with Crippen LogP contribution in [0.3, 0.4) is 0 Å². The molecular weight excluding hydrogens is 410 g/mol. The minimum atomic E-state index is -0.0126. The zero-order chi connectivity index (χ0) is 20.3. The zero-order valence-corrected chi connectivity index (χ0v) is 18.4. The van der Waals surface area contributed by atoms with E-state index < -0.39 is 0 Å². The van der Waals surface area contributed by atoms with Gasteiger partial charge in [-0.05, 0) is 61.5 Å². The van der Waals surface area contributed by atoms with Crippen LogP contribution in [0, 0.1) is 0 Å². The largest absolute Gasteiger partial charge is 0.452 e. The fraction of sp³-hybridized carbons (Fsp3) is 0.333. The van der Waals surface area contributed by atoms with E-state index in [1.807, 2.05) is 36.5 Å². The van der Waals surface area contributed by atoms with Crippen molar-refractivity contribution < 1.29 is 4.42 Å². The normalized spacial score (nSPS) is 22.3. The minimum absolute atomic E-state index is 0.0126. The molecule has 2 atom stereocenters. The lowest BCUT2D eigenvalue weighted by molar-refractivity contribution is 0.174. The number of hydrogen-bond donors (Lipinski definition) is 1. The van der Waals surface area contributed by atoms with Crippen LogP contribution < -0.4 is 5.32 Å². The number of nitrogens with one attached hydrogen (secondary N) is 1. The summed E-state index contributed by atoms with van der Waals surface area (Å²) >= 11 is 7.48. The van der Waals surface area contributed by atoms with Crippen LogP contribution >= 0.6 is 24.0 Å². The Balaban J connectivity index is 1.48. The summed E-state index contributed by atoms with van der Waals surface area (Å²) in [5.41, 5.74) is 0.997. The van der Waals surface area contributed by atoms with Gasteiger partial charge in [-0.2, -0.15) is 0 Å². The van der Waals surface area contributed by atoms with Crippen molar-refractivity contribution in [1.82, 2.24) is 15.2 Å². The van der Waals surface area contributed by atoms with E-state index in [1.54, 1.807) is 11.8 Å². The molecule has 30 heavy (non-hydrogen) atoms. The van der Waals surface area contributed by atoms with Crippen molar-refractivity contribution in [1.29, 1.82) is 0 Å². The molecule has 2 fully saturated rings. The third-order valence-electron chi connectivity index (χ3n) is 5.96. The first-order valence-electron chi connectivity index (χ1n) is 10.6. The van der Waals surface area contributed by atoms with Crippen molar-refractivity contribution in [3.63, 3.8) is 0 Å². The Morgan fingerprint density at radius 2 is 1.77 bits per heavy atom. The van der Waals surface area contributed by atoms with E-state index in [9.17, 15) is 0 Å². The number of aromatic nitrogens is 1. The Bertz CT molecular complexity index is 986. The topological polar surface area (TPSA) is 41.3 Å². The lowest BCUT2D eigenvalue weighted by Gasteiger charge is -2.36. The van der Waals surface area contributed by atoms with E-state index in [1.165, 1.54) is 37.0 Å². The fourth-order valence-electron chi connectivity index (χ4n) is 4.58. The smallest absolute Gasteiger partial charge is 0.170 e. The highest BCUT2D eigenvalue weighted by atomic mass is 32.2. The maximum Gasteiger partial charge on any atom is 0.170 e. The average Bonchev–Trinajstić information content (AvgIpc) is 3.39. The lowest BCUT2D eigenvalue weighted by Crippen LogP contribution is -2.40. The molecule has 1 aliphatic carbocycles. The molecule has 1 aliphatic heterocycles. The number of nitrogens with zero attached hydrogens (tertiary/aromatic N) is 2. The highest BCUT2D eigenvalue weighted by Gasteiger charge is 2.44. The van der Waals surface area contributed by atoms with E-state index in [-0.39, 0.29) is 12.1 Å². The molecule has 1 saturated carbocycles. The van der Waals surface area contributed by atoms with Gasteiger partial charge in [0.2, 0.25) is 0 Å². The summed E-state index contributed by atoms with van der Waals surface area (Å²) in [6.07, 6.45) is 8.05. The van der Waals surface area contributed by atoms with Gasteiger partial charge in [0.25, 0.3) is 0 Å². The second kappa shape index (κ2) is 8.82. The molecule has 0 bridgehead atoms. The molecule has 6 heteroatoms. The summed E-state index contributed by atoms with van der Waals surface area (Å²) in [4.78, 5) is 8.19. The highest BCUT2D eigenvalue weighted by Crippen LogP contribution is 2.44. The maximum absolute atomic E-state index is 6.39. The molecule has 1 saturated heterocycles. The molecule has 0 unspecified atom stereocenters. The highest BCUT2D eigenvalue weighted by molar-refractivity contribution is 7.99. The van der Waals surface area contributed by atoms with Gasteiger partial charge < -0.3 is 14.6 Å². The summed E-state index contributed by atoms with van der Waals surface area (Å²) < 4.78 is 6.39. The second-order valence-corrected chi connectivity index (χ2v) is 9.36.